The first-order valence-corrected chi connectivity index (χ1v) is 13.3. The zero-order valence-corrected chi connectivity index (χ0v) is 20.4. The minimum Gasteiger partial charge on any atom is -0.481 e. The lowest BCUT2D eigenvalue weighted by molar-refractivity contribution is -0.138. The number of fused-ring (bicyclic) bond motifs is 4. The number of anilines is 1. The maximum Gasteiger partial charge on any atom is 0.416 e. The minimum absolute atomic E-state index is 0.00398. The fourth-order valence-electron chi connectivity index (χ4n) is 5.36. The van der Waals surface area contributed by atoms with Gasteiger partial charge < -0.3 is 10.4 Å². The normalized spacial score (nSPS) is 21.9. The van der Waals surface area contributed by atoms with Gasteiger partial charge in [0.05, 0.1) is 29.1 Å². The summed E-state index contributed by atoms with van der Waals surface area (Å²) < 4.78 is 67.9. The number of nitrogens with one attached hydrogen (secondary N) is 2. The molecule has 1 saturated heterocycles. The van der Waals surface area contributed by atoms with Gasteiger partial charge in [-0.3, -0.25) is 9.89 Å². The van der Waals surface area contributed by atoms with Crippen LogP contribution >= 0.6 is 0 Å². The molecule has 5 rings (SSSR count). The quantitative estimate of drug-likeness (QED) is 0.410. The molecule has 3 atom stereocenters. The molecule has 3 N–H and O–H groups in total. The van der Waals surface area contributed by atoms with Crippen molar-refractivity contribution in [1.82, 2.24) is 14.5 Å². The van der Waals surface area contributed by atoms with Gasteiger partial charge in [0.2, 0.25) is 10.0 Å². The predicted molar refractivity (Wildman–Crippen MR) is 128 cm³/mol. The van der Waals surface area contributed by atoms with E-state index in [-0.39, 0.29) is 17.2 Å². The molecule has 2 aliphatic heterocycles. The number of halogens is 3. The van der Waals surface area contributed by atoms with E-state index in [2.05, 4.69) is 15.5 Å². The van der Waals surface area contributed by atoms with Gasteiger partial charge in [0, 0.05) is 36.0 Å². The third-order valence-corrected chi connectivity index (χ3v) is 9.06. The Morgan fingerprint density at radius 3 is 2.46 bits per heavy atom. The molecule has 12 heteroatoms. The monoisotopic (exact) mass is 534 g/mol. The number of alkyl halides is 3. The van der Waals surface area contributed by atoms with Crippen LogP contribution < -0.4 is 5.32 Å². The number of carboxylic acid groups (broad SMARTS) is 1. The molecule has 1 aromatic heterocycles. The van der Waals surface area contributed by atoms with Crippen molar-refractivity contribution in [2.75, 3.05) is 11.9 Å². The Morgan fingerprint density at radius 2 is 1.81 bits per heavy atom. The van der Waals surface area contributed by atoms with Crippen LogP contribution in [0.4, 0.5) is 18.9 Å². The van der Waals surface area contributed by atoms with E-state index in [4.69, 9.17) is 5.11 Å². The first-order chi connectivity index (χ1) is 17.5. The van der Waals surface area contributed by atoms with Crippen molar-refractivity contribution in [3.63, 3.8) is 0 Å². The molecule has 2 aromatic carbocycles. The van der Waals surface area contributed by atoms with E-state index >= 15 is 0 Å². The zero-order valence-electron chi connectivity index (χ0n) is 19.6. The third-order valence-electron chi connectivity index (χ3n) is 7.09. The van der Waals surface area contributed by atoms with Crippen molar-refractivity contribution in [2.45, 2.75) is 54.8 Å². The van der Waals surface area contributed by atoms with Gasteiger partial charge in [-0.15, -0.1) is 0 Å². The van der Waals surface area contributed by atoms with Gasteiger partial charge in [0.25, 0.3) is 0 Å². The molecule has 2 aliphatic rings. The number of rotatable bonds is 7. The van der Waals surface area contributed by atoms with Crippen molar-refractivity contribution < 1.29 is 31.5 Å². The Kier molecular flexibility index (Phi) is 6.48. The summed E-state index contributed by atoms with van der Waals surface area (Å²) in [6.45, 7) is 0.308. The summed E-state index contributed by atoms with van der Waals surface area (Å²) in [5.41, 5.74) is 2.60. The first kappa shape index (κ1) is 25.3. The standard InChI is InChI=1S/C25H25F3N4O4S/c26-25(27,28)17-3-7-20(8-4-17)37(35,36)32-19-11-16(12-23(32)21-14-30-31-22(21)13-19)15-1-5-18(6-2-15)29-10-9-24(33)34/h1-8,14,16,19,23,29H,9-13H2,(H,30,31)(H,33,34). The molecule has 0 radical (unpaired) electrons. The molecule has 196 valence electrons. The van der Waals surface area contributed by atoms with Crippen molar-refractivity contribution in [3.8, 4) is 0 Å². The average molecular weight is 535 g/mol. The molecule has 3 heterocycles. The predicted octanol–water partition coefficient (Wildman–Crippen LogP) is 4.55. The smallest absolute Gasteiger partial charge is 0.416 e. The fraction of sp³-hybridized carbons (Fsp3) is 0.360. The lowest BCUT2D eigenvalue weighted by Gasteiger charge is -2.47. The molecule has 0 amide bonds. The molecular weight excluding hydrogens is 509 g/mol. The topological polar surface area (TPSA) is 115 Å². The highest BCUT2D eigenvalue weighted by atomic mass is 32.2. The van der Waals surface area contributed by atoms with Crippen LogP contribution in [0.15, 0.2) is 59.6 Å². The van der Waals surface area contributed by atoms with E-state index in [0.29, 0.717) is 25.8 Å². The number of piperidine rings is 1. The number of aromatic nitrogens is 2. The van der Waals surface area contributed by atoms with Crippen LogP contribution in [0.3, 0.4) is 0 Å². The first-order valence-electron chi connectivity index (χ1n) is 11.8. The van der Waals surface area contributed by atoms with Gasteiger partial charge in [-0.1, -0.05) is 12.1 Å². The number of hydrogen-bond acceptors (Lipinski definition) is 5. The number of H-pyrrole nitrogens is 1. The molecular formula is C25H25F3N4O4S. The molecule has 1 fully saturated rings. The maximum atomic E-state index is 13.7. The number of hydrogen-bond donors (Lipinski definition) is 3. The molecule has 8 nitrogen and oxygen atoms in total. The Morgan fingerprint density at radius 1 is 1.11 bits per heavy atom. The highest BCUT2D eigenvalue weighted by Crippen LogP contribution is 2.49. The number of benzene rings is 2. The van der Waals surface area contributed by atoms with E-state index in [1.807, 2.05) is 24.3 Å². The van der Waals surface area contributed by atoms with Crippen LogP contribution in [0.5, 0.6) is 0 Å². The van der Waals surface area contributed by atoms with Gasteiger partial charge >= 0.3 is 12.1 Å². The van der Waals surface area contributed by atoms with Crippen LogP contribution in [-0.2, 0) is 27.4 Å². The number of aromatic amines is 1. The second-order valence-electron chi connectivity index (χ2n) is 9.40. The molecule has 0 spiro atoms. The van der Waals surface area contributed by atoms with Crippen molar-refractivity contribution >= 4 is 21.7 Å². The summed E-state index contributed by atoms with van der Waals surface area (Å²) in [6, 6.07) is 10.4. The summed E-state index contributed by atoms with van der Waals surface area (Å²) in [4.78, 5) is 10.5. The minimum atomic E-state index is -4.55. The molecule has 3 aromatic rings. The Hall–Kier alpha value is -3.38. The average Bonchev–Trinajstić information content (AvgIpc) is 3.31. The highest BCUT2D eigenvalue weighted by Gasteiger charge is 2.48. The SMILES string of the molecule is O=C(O)CCNc1ccc(C2CC3Cc4[nH]ncc4C(C2)N3S(=O)(=O)c2ccc(C(F)(F)F)cc2)cc1. The summed E-state index contributed by atoms with van der Waals surface area (Å²) in [5, 5.41) is 18.9. The van der Waals surface area contributed by atoms with Crippen molar-refractivity contribution in [1.29, 1.82) is 0 Å². The number of sulfonamides is 1. The number of carboxylic acids is 1. The number of nitrogens with zero attached hydrogens (tertiary/aromatic N) is 2. The largest absolute Gasteiger partial charge is 0.481 e. The van der Waals surface area contributed by atoms with Gasteiger partial charge in [0.1, 0.15) is 0 Å². The van der Waals surface area contributed by atoms with Crippen molar-refractivity contribution in [3.05, 3.63) is 77.1 Å². The van der Waals surface area contributed by atoms with E-state index < -0.39 is 39.8 Å². The maximum absolute atomic E-state index is 13.7. The Labute approximate surface area is 211 Å². The van der Waals surface area contributed by atoms with Gasteiger partial charge in [-0.25, -0.2) is 8.42 Å². The molecule has 3 unspecified atom stereocenters. The van der Waals surface area contributed by atoms with Gasteiger partial charge in [-0.2, -0.15) is 22.6 Å². The lowest BCUT2D eigenvalue weighted by atomic mass is 9.76. The van der Waals surface area contributed by atoms with Crippen LogP contribution in [0.2, 0.25) is 0 Å². The number of aliphatic carboxylic acids is 1. The molecule has 37 heavy (non-hydrogen) atoms. The molecule has 0 saturated carbocycles. The summed E-state index contributed by atoms with van der Waals surface area (Å²) >= 11 is 0. The molecule has 0 aliphatic carbocycles. The molecule has 2 bridgehead atoms. The van der Waals surface area contributed by atoms with Gasteiger partial charge in [-0.05, 0) is 60.7 Å². The fourth-order valence-corrected chi connectivity index (χ4v) is 7.17. The summed E-state index contributed by atoms with van der Waals surface area (Å²) in [5.74, 6) is -0.822. The lowest BCUT2D eigenvalue weighted by Crippen LogP contribution is -2.51. The third kappa shape index (κ3) is 4.95. The van der Waals surface area contributed by atoms with E-state index in [1.165, 1.54) is 4.31 Å². The van der Waals surface area contributed by atoms with E-state index in [9.17, 15) is 26.4 Å². The van der Waals surface area contributed by atoms with Crippen molar-refractivity contribution in [2.24, 2.45) is 0 Å². The second kappa shape index (κ2) is 9.49. The number of carbonyl (C=O) groups is 1. The van der Waals surface area contributed by atoms with Crippen LogP contribution in [0, 0.1) is 0 Å². The van der Waals surface area contributed by atoms with Gasteiger partial charge in [0.15, 0.2) is 0 Å². The zero-order chi connectivity index (χ0) is 26.4. The Balaban J connectivity index is 1.40. The summed E-state index contributed by atoms with van der Waals surface area (Å²) in [6.07, 6.45) is -1.45. The van der Waals surface area contributed by atoms with E-state index in [0.717, 1.165) is 46.8 Å². The Bertz CT molecular complexity index is 1390. The van der Waals surface area contributed by atoms with E-state index in [1.54, 1.807) is 6.20 Å². The highest BCUT2D eigenvalue weighted by molar-refractivity contribution is 7.89. The van der Waals surface area contributed by atoms with Crippen LogP contribution in [0.1, 0.15) is 53.6 Å². The second-order valence-corrected chi connectivity index (χ2v) is 11.2. The van der Waals surface area contributed by atoms with Crippen LogP contribution in [0.25, 0.3) is 0 Å². The van der Waals surface area contributed by atoms with Crippen LogP contribution in [-0.4, -0.2) is 46.6 Å². The summed E-state index contributed by atoms with van der Waals surface area (Å²) in [7, 11) is -4.07.